The average Bonchev–Trinajstić information content (AvgIpc) is 3.34. The zero-order chi connectivity index (χ0) is 20.2. The van der Waals surface area contributed by atoms with E-state index in [4.69, 9.17) is 9.15 Å². The molecule has 1 N–H and O–H groups in total. The van der Waals surface area contributed by atoms with Gasteiger partial charge in [-0.15, -0.1) is 0 Å². The summed E-state index contributed by atoms with van der Waals surface area (Å²) in [7, 11) is 1.74. The van der Waals surface area contributed by atoms with Gasteiger partial charge in [-0.3, -0.25) is 9.78 Å². The Morgan fingerprint density at radius 1 is 1.14 bits per heavy atom. The van der Waals surface area contributed by atoms with Gasteiger partial charge in [0.2, 0.25) is 6.10 Å². The molecule has 146 valence electrons. The number of nitrogens with one attached hydrogen (secondary N) is 1. The van der Waals surface area contributed by atoms with Crippen LogP contribution in [0.25, 0.3) is 11.1 Å². The van der Waals surface area contributed by atoms with E-state index in [-0.39, 0.29) is 0 Å². The molecule has 4 rings (SSSR count). The molecule has 1 atom stereocenters. The summed E-state index contributed by atoms with van der Waals surface area (Å²) in [5, 5.41) is 2.83. The predicted molar refractivity (Wildman–Crippen MR) is 106 cm³/mol. The summed E-state index contributed by atoms with van der Waals surface area (Å²) < 4.78 is 12.6. The molecule has 29 heavy (non-hydrogen) atoms. The van der Waals surface area contributed by atoms with Crippen molar-refractivity contribution in [3.8, 4) is 0 Å². The number of carbonyl (C=O) groups excluding carboxylic acids is 2. The molecular formula is C22H19N3O4. The van der Waals surface area contributed by atoms with E-state index in [1.54, 1.807) is 54.5 Å². The normalized spacial score (nSPS) is 11.9. The summed E-state index contributed by atoms with van der Waals surface area (Å²) in [6, 6.07) is 16.2. The molecule has 1 amide bonds. The number of fused-ring (bicyclic) bond motifs is 1. The van der Waals surface area contributed by atoms with E-state index in [2.05, 4.69) is 10.3 Å². The predicted octanol–water partition coefficient (Wildman–Crippen LogP) is 3.38. The number of hydrogen-bond acceptors (Lipinski definition) is 5. The van der Waals surface area contributed by atoms with Crippen LogP contribution in [0, 0.1) is 0 Å². The van der Waals surface area contributed by atoms with Crippen molar-refractivity contribution in [3.63, 3.8) is 0 Å². The van der Waals surface area contributed by atoms with Crippen molar-refractivity contribution >= 4 is 23.0 Å². The van der Waals surface area contributed by atoms with Crippen molar-refractivity contribution in [2.45, 2.75) is 12.6 Å². The quantitative estimate of drug-likeness (QED) is 0.511. The molecule has 0 saturated carbocycles. The molecule has 0 bridgehead atoms. The third-order valence-electron chi connectivity index (χ3n) is 4.65. The monoisotopic (exact) mass is 389 g/mol. The number of carbonyl (C=O) groups is 2. The van der Waals surface area contributed by atoms with E-state index >= 15 is 0 Å². The molecule has 0 spiro atoms. The van der Waals surface area contributed by atoms with Gasteiger partial charge in [-0.25, -0.2) is 4.79 Å². The second-order valence-corrected chi connectivity index (χ2v) is 6.53. The van der Waals surface area contributed by atoms with Crippen molar-refractivity contribution in [1.29, 1.82) is 0 Å². The zero-order valence-corrected chi connectivity index (χ0v) is 15.7. The summed E-state index contributed by atoms with van der Waals surface area (Å²) in [6.07, 6.45) is 3.55. The van der Waals surface area contributed by atoms with Crippen LogP contribution in [0.4, 0.5) is 0 Å². The number of benzene rings is 1. The number of nitrogens with zero attached hydrogens (tertiary/aromatic N) is 2. The first-order valence-electron chi connectivity index (χ1n) is 9.09. The van der Waals surface area contributed by atoms with E-state index < -0.39 is 18.0 Å². The van der Waals surface area contributed by atoms with Crippen LogP contribution in [0.2, 0.25) is 0 Å². The fraction of sp³-hybridized carbons (Fsp3) is 0.136. The van der Waals surface area contributed by atoms with Gasteiger partial charge in [-0.2, -0.15) is 0 Å². The van der Waals surface area contributed by atoms with Crippen molar-refractivity contribution in [2.24, 2.45) is 7.05 Å². The molecule has 0 fully saturated rings. The number of furan rings is 1. The van der Waals surface area contributed by atoms with Crippen LogP contribution in [0.15, 0.2) is 77.7 Å². The van der Waals surface area contributed by atoms with Crippen LogP contribution in [0.5, 0.6) is 0 Å². The molecule has 4 aromatic rings. The first-order chi connectivity index (χ1) is 14.1. The molecule has 0 aliphatic rings. The first kappa shape index (κ1) is 18.5. The van der Waals surface area contributed by atoms with Crippen LogP contribution in [0.3, 0.4) is 0 Å². The molecule has 0 unspecified atom stereocenters. The molecule has 0 saturated heterocycles. The van der Waals surface area contributed by atoms with E-state index in [0.29, 0.717) is 23.4 Å². The van der Waals surface area contributed by atoms with Gasteiger partial charge in [0.15, 0.2) is 5.58 Å². The Bertz CT molecular complexity index is 1130. The first-order valence-corrected chi connectivity index (χ1v) is 9.09. The Hall–Kier alpha value is -3.87. The number of aryl methyl sites for hydroxylation is 1. The van der Waals surface area contributed by atoms with Gasteiger partial charge in [0.25, 0.3) is 5.91 Å². The minimum Gasteiger partial charge on any atom is -0.463 e. The second kappa shape index (κ2) is 8.02. The summed E-state index contributed by atoms with van der Waals surface area (Å²) in [5.74, 6) is -1.03. The second-order valence-electron chi connectivity index (χ2n) is 6.53. The van der Waals surface area contributed by atoms with Gasteiger partial charge in [0.05, 0.1) is 11.8 Å². The highest BCUT2D eigenvalue weighted by atomic mass is 16.5. The molecule has 0 aliphatic heterocycles. The molecular weight excluding hydrogens is 370 g/mol. The number of rotatable bonds is 6. The fourth-order valence-electron chi connectivity index (χ4n) is 3.10. The molecule has 0 aliphatic carbocycles. The molecule has 3 heterocycles. The zero-order valence-electron chi connectivity index (χ0n) is 15.7. The highest BCUT2D eigenvalue weighted by Crippen LogP contribution is 2.24. The lowest BCUT2D eigenvalue weighted by Gasteiger charge is -2.18. The van der Waals surface area contributed by atoms with Crippen molar-refractivity contribution in [2.75, 3.05) is 0 Å². The standard InChI is InChI=1S/C22H19N3O4/c1-25-17-9-12-28-19(17)13-18(25)22(27)29-20(16-7-10-23-11-8-16)21(26)24-14-15-5-3-2-4-6-15/h2-13,20H,14H2,1H3,(H,24,26)/t20-/m0/s1. The van der Waals surface area contributed by atoms with Crippen molar-refractivity contribution < 1.29 is 18.7 Å². The van der Waals surface area contributed by atoms with Crippen LogP contribution in [-0.2, 0) is 23.1 Å². The Balaban J connectivity index is 1.55. The van der Waals surface area contributed by atoms with Crippen LogP contribution >= 0.6 is 0 Å². The van der Waals surface area contributed by atoms with Gasteiger partial charge in [-0.1, -0.05) is 30.3 Å². The number of aromatic nitrogens is 2. The maximum absolute atomic E-state index is 12.9. The van der Waals surface area contributed by atoms with E-state index in [0.717, 1.165) is 11.1 Å². The van der Waals surface area contributed by atoms with E-state index in [1.807, 2.05) is 30.3 Å². The summed E-state index contributed by atoms with van der Waals surface area (Å²) in [6.45, 7) is 0.329. The summed E-state index contributed by atoms with van der Waals surface area (Å²) in [4.78, 5) is 29.6. The largest absolute Gasteiger partial charge is 0.463 e. The highest BCUT2D eigenvalue weighted by Gasteiger charge is 2.27. The number of amides is 1. The molecule has 0 radical (unpaired) electrons. The van der Waals surface area contributed by atoms with E-state index in [9.17, 15) is 9.59 Å². The van der Waals surface area contributed by atoms with Crippen LogP contribution < -0.4 is 5.32 Å². The van der Waals surface area contributed by atoms with E-state index in [1.165, 1.54) is 0 Å². The molecule has 1 aromatic carbocycles. The van der Waals surface area contributed by atoms with Crippen LogP contribution in [0.1, 0.15) is 27.7 Å². The van der Waals surface area contributed by atoms with Gasteiger partial charge in [-0.05, 0) is 17.7 Å². The fourth-order valence-corrected chi connectivity index (χ4v) is 3.10. The maximum atomic E-state index is 12.9. The molecule has 7 nitrogen and oxygen atoms in total. The Morgan fingerprint density at radius 2 is 1.90 bits per heavy atom. The SMILES string of the molecule is Cn1c(C(=O)O[C@H](C(=O)NCc2ccccc2)c2ccncc2)cc2occc21. The number of hydrogen-bond donors (Lipinski definition) is 1. The molecule has 7 heteroatoms. The van der Waals surface area contributed by atoms with Gasteiger partial charge < -0.3 is 19.0 Å². The lowest BCUT2D eigenvalue weighted by Crippen LogP contribution is -2.32. The lowest BCUT2D eigenvalue weighted by atomic mass is 10.1. The summed E-state index contributed by atoms with van der Waals surface area (Å²) in [5.41, 5.74) is 3.13. The highest BCUT2D eigenvalue weighted by molar-refractivity contribution is 5.95. The average molecular weight is 389 g/mol. The van der Waals surface area contributed by atoms with Crippen LogP contribution in [-0.4, -0.2) is 21.4 Å². The Kier molecular flexibility index (Phi) is 5.11. The number of esters is 1. The minimum atomic E-state index is -1.10. The van der Waals surface area contributed by atoms with Crippen molar-refractivity contribution in [1.82, 2.24) is 14.9 Å². The van der Waals surface area contributed by atoms with Gasteiger partial charge >= 0.3 is 5.97 Å². The maximum Gasteiger partial charge on any atom is 0.356 e. The lowest BCUT2D eigenvalue weighted by molar-refractivity contribution is -0.130. The number of ether oxygens (including phenoxy) is 1. The Labute approximate surface area is 166 Å². The topological polar surface area (TPSA) is 86.4 Å². The third-order valence-corrected chi connectivity index (χ3v) is 4.65. The van der Waals surface area contributed by atoms with Gasteiger partial charge in [0.1, 0.15) is 5.69 Å². The Morgan fingerprint density at radius 3 is 2.62 bits per heavy atom. The van der Waals surface area contributed by atoms with Crippen molar-refractivity contribution in [3.05, 3.63) is 90.1 Å². The molecule has 3 aromatic heterocycles. The van der Waals surface area contributed by atoms with Gasteiger partial charge in [0, 0.05) is 43.7 Å². The summed E-state index contributed by atoms with van der Waals surface area (Å²) >= 11 is 0. The minimum absolute atomic E-state index is 0.300. The number of pyridine rings is 1. The smallest absolute Gasteiger partial charge is 0.356 e. The third kappa shape index (κ3) is 3.89.